The molecule has 0 spiro atoms. The third-order valence-corrected chi connectivity index (χ3v) is 4.81. The summed E-state index contributed by atoms with van der Waals surface area (Å²) in [5, 5.41) is 9.18. The van der Waals surface area contributed by atoms with Crippen LogP contribution in [0.2, 0.25) is 0 Å². The molecule has 3 aromatic rings. The van der Waals surface area contributed by atoms with Gasteiger partial charge in [0.15, 0.2) is 0 Å². The summed E-state index contributed by atoms with van der Waals surface area (Å²) in [5.74, 6) is 0. The van der Waals surface area contributed by atoms with Crippen molar-refractivity contribution >= 4 is 0 Å². The molecule has 0 aliphatic heterocycles. The molecular weight excluding hydrogens is 330 g/mol. The number of benzene rings is 2. The van der Waals surface area contributed by atoms with Gasteiger partial charge in [-0.1, -0.05) is 38.5 Å². The van der Waals surface area contributed by atoms with E-state index in [4.69, 9.17) is 9.97 Å². The Morgan fingerprint density at radius 1 is 0.963 bits per heavy atom. The molecule has 0 N–H and O–H groups in total. The Kier molecular flexibility index (Phi) is 4.85. The molecule has 0 amide bonds. The highest BCUT2D eigenvalue weighted by molar-refractivity contribution is 5.69. The Hall–Kier alpha value is -2.99. The van der Waals surface area contributed by atoms with Crippen molar-refractivity contribution in [2.75, 3.05) is 0 Å². The Balaban J connectivity index is 2.09. The average molecular weight is 355 g/mol. The van der Waals surface area contributed by atoms with Gasteiger partial charge in [-0.25, -0.2) is 4.98 Å². The fourth-order valence-electron chi connectivity index (χ4n) is 3.22. The summed E-state index contributed by atoms with van der Waals surface area (Å²) in [7, 11) is 0. The van der Waals surface area contributed by atoms with E-state index in [0.717, 1.165) is 33.8 Å². The van der Waals surface area contributed by atoms with E-state index < -0.39 is 0 Å². The summed E-state index contributed by atoms with van der Waals surface area (Å²) < 4.78 is 0. The predicted molar refractivity (Wildman–Crippen MR) is 111 cm³/mol. The molecule has 136 valence electrons. The predicted octanol–water partition coefficient (Wildman–Crippen LogP) is 5.91. The minimum absolute atomic E-state index is 0.0802. The standard InChI is InChI=1S/C24H25N3/c1-15-9-19(12-20(10-15)24(4,5)6)23-17(3)27-22(14-26-23)21-11-18(13-25)8-7-16(21)2/h7-12,14H,1-6H3. The molecule has 0 fully saturated rings. The third-order valence-electron chi connectivity index (χ3n) is 4.81. The van der Waals surface area contributed by atoms with Gasteiger partial charge in [-0.3, -0.25) is 4.98 Å². The molecule has 1 heterocycles. The van der Waals surface area contributed by atoms with Gasteiger partial charge < -0.3 is 0 Å². The van der Waals surface area contributed by atoms with Crippen molar-refractivity contribution in [2.24, 2.45) is 0 Å². The van der Waals surface area contributed by atoms with Crippen molar-refractivity contribution in [3.8, 4) is 28.6 Å². The lowest BCUT2D eigenvalue weighted by Gasteiger charge is -2.21. The van der Waals surface area contributed by atoms with Crippen LogP contribution in [0, 0.1) is 32.1 Å². The van der Waals surface area contributed by atoms with Crippen molar-refractivity contribution < 1.29 is 0 Å². The molecule has 0 unspecified atom stereocenters. The zero-order valence-corrected chi connectivity index (χ0v) is 16.9. The van der Waals surface area contributed by atoms with Gasteiger partial charge in [-0.15, -0.1) is 0 Å². The van der Waals surface area contributed by atoms with Crippen LogP contribution in [0.1, 0.15) is 48.7 Å². The van der Waals surface area contributed by atoms with Crippen molar-refractivity contribution in [3.63, 3.8) is 0 Å². The molecule has 0 radical (unpaired) electrons. The molecule has 0 saturated carbocycles. The molecule has 0 atom stereocenters. The molecule has 0 aliphatic rings. The zero-order valence-electron chi connectivity index (χ0n) is 16.9. The summed E-state index contributed by atoms with van der Waals surface area (Å²) in [6.45, 7) is 12.8. The molecule has 2 aromatic carbocycles. The number of aryl methyl sites for hydroxylation is 3. The van der Waals surface area contributed by atoms with Crippen LogP contribution in [0.25, 0.3) is 22.5 Å². The normalized spacial score (nSPS) is 11.3. The first-order chi connectivity index (χ1) is 12.7. The fraction of sp³-hybridized carbons (Fsp3) is 0.292. The molecule has 3 nitrogen and oxygen atoms in total. The summed E-state index contributed by atoms with van der Waals surface area (Å²) >= 11 is 0. The van der Waals surface area contributed by atoms with Crippen molar-refractivity contribution in [3.05, 3.63) is 70.5 Å². The SMILES string of the molecule is Cc1cc(-c2ncc(-c3cc(C#N)ccc3C)nc2C)cc(C(C)(C)C)c1. The van der Waals surface area contributed by atoms with Gasteiger partial charge in [0.1, 0.15) is 0 Å². The zero-order chi connectivity index (χ0) is 19.8. The highest BCUT2D eigenvalue weighted by atomic mass is 14.8. The Labute approximate surface area is 161 Å². The van der Waals surface area contributed by atoms with Gasteiger partial charge in [-0.05, 0) is 61.6 Å². The summed E-state index contributed by atoms with van der Waals surface area (Å²) in [6.07, 6.45) is 1.81. The molecule has 0 aliphatic carbocycles. The minimum atomic E-state index is 0.0802. The van der Waals surface area contributed by atoms with E-state index in [2.05, 4.69) is 52.0 Å². The number of hydrogen-bond donors (Lipinski definition) is 0. The molecule has 3 heteroatoms. The van der Waals surface area contributed by atoms with Crippen LogP contribution >= 0.6 is 0 Å². The molecule has 0 saturated heterocycles. The molecule has 0 bridgehead atoms. The highest BCUT2D eigenvalue weighted by Gasteiger charge is 2.17. The first-order valence-electron chi connectivity index (χ1n) is 9.16. The van der Waals surface area contributed by atoms with E-state index >= 15 is 0 Å². The minimum Gasteiger partial charge on any atom is -0.252 e. The second kappa shape index (κ2) is 6.96. The van der Waals surface area contributed by atoms with E-state index in [9.17, 15) is 5.26 Å². The van der Waals surface area contributed by atoms with E-state index in [-0.39, 0.29) is 5.41 Å². The number of nitrogens with zero attached hydrogens (tertiary/aromatic N) is 3. The maximum absolute atomic E-state index is 9.18. The van der Waals surface area contributed by atoms with Crippen molar-refractivity contribution in [2.45, 2.75) is 47.0 Å². The first kappa shape index (κ1) is 18.8. The Bertz CT molecular complexity index is 1050. The number of aromatic nitrogens is 2. The second-order valence-corrected chi connectivity index (χ2v) is 8.17. The van der Waals surface area contributed by atoms with Crippen LogP contribution in [0.4, 0.5) is 0 Å². The topological polar surface area (TPSA) is 49.6 Å². The van der Waals surface area contributed by atoms with Gasteiger partial charge in [0.2, 0.25) is 0 Å². The smallest absolute Gasteiger partial charge is 0.0991 e. The maximum Gasteiger partial charge on any atom is 0.0991 e. The Morgan fingerprint density at radius 2 is 1.70 bits per heavy atom. The lowest BCUT2D eigenvalue weighted by atomic mass is 9.84. The number of rotatable bonds is 2. The van der Waals surface area contributed by atoms with Crippen LogP contribution in [0.15, 0.2) is 42.6 Å². The van der Waals surface area contributed by atoms with Gasteiger partial charge >= 0.3 is 0 Å². The van der Waals surface area contributed by atoms with Gasteiger partial charge in [0, 0.05) is 11.1 Å². The monoisotopic (exact) mass is 355 g/mol. The third kappa shape index (κ3) is 3.90. The summed E-state index contributed by atoms with van der Waals surface area (Å²) in [6, 6.07) is 14.5. The molecule has 1 aromatic heterocycles. The van der Waals surface area contributed by atoms with Gasteiger partial charge in [0.25, 0.3) is 0 Å². The van der Waals surface area contributed by atoms with Crippen LogP contribution in [-0.2, 0) is 5.41 Å². The van der Waals surface area contributed by atoms with E-state index in [1.54, 1.807) is 0 Å². The quantitative estimate of drug-likeness (QED) is 0.574. The van der Waals surface area contributed by atoms with Crippen LogP contribution in [0.3, 0.4) is 0 Å². The number of nitriles is 1. The van der Waals surface area contributed by atoms with E-state index in [0.29, 0.717) is 5.56 Å². The van der Waals surface area contributed by atoms with E-state index in [1.165, 1.54) is 11.1 Å². The van der Waals surface area contributed by atoms with Crippen LogP contribution < -0.4 is 0 Å². The van der Waals surface area contributed by atoms with Crippen molar-refractivity contribution in [1.82, 2.24) is 9.97 Å². The average Bonchev–Trinajstić information content (AvgIpc) is 2.60. The molecular formula is C24H25N3. The van der Waals surface area contributed by atoms with Gasteiger partial charge in [-0.2, -0.15) is 5.26 Å². The lowest BCUT2D eigenvalue weighted by molar-refractivity contribution is 0.590. The highest BCUT2D eigenvalue weighted by Crippen LogP contribution is 2.31. The fourth-order valence-corrected chi connectivity index (χ4v) is 3.22. The summed E-state index contributed by atoms with van der Waals surface area (Å²) in [4.78, 5) is 9.55. The van der Waals surface area contributed by atoms with Crippen molar-refractivity contribution in [1.29, 1.82) is 5.26 Å². The molecule has 3 rings (SSSR count). The van der Waals surface area contributed by atoms with Gasteiger partial charge in [0.05, 0.1) is 34.9 Å². The van der Waals surface area contributed by atoms with Crippen LogP contribution in [0.5, 0.6) is 0 Å². The van der Waals surface area contributed by atoms with Crippen LogP contribution in [-0.4, -0.2) is 9.97 Å². The maximum atomic E-state index is 9.18. The first-order valence-corrected chi connectivity index (χ1v) is 9.16. The lowest BCUT2D eigenvalue weighted by Crippen LogP contribution is -2.11. The largest absolute Gasteiger partial charge is 0.252 e. The summed E-state index contributed by atoms with van der Waals surface area (Å²) in [5.41, 5.74) is 8.96. The number of hydrogen-bond acceptors (Lipinski definition) is 3. The Morgan fingerprint density at radius 3 is 2.33 bits per heavy atom. The second-order valence-electron chi connectivity index (χ2n) is 8.17. The molecule has 27 heavy (non-hydrogen) atoms. The van der Waals surface area contributed by atoms with E-state index in [1.807, 2.05) is 38.2 Å².